The lowest BCUT2D eigenvalue weighted by atomic mass is 9.52. The zero-order chi connectivity index (χ0) is 20.2. The summed E-state index contributed by atoms with van der Waals surface area (Å²) in [5.41, 5.74) is 3.94. The molecule has 0 aromatic heterocycles. The number of aliphatic hydroxyl groups excluding tert-OH is 1. The molecule has 2 fully saturated rings. The molecule has 2 saturated carbocycles. The number of hydrogen-bond donors (Lipinski definition) is 1. The molecular formula is C26H30O3. The summed E-state index contributed by atoms with van der Waals surface area (Å²) in [7, 11) is 1.73. The van der Waals surface area contributed by atoms with Gasteiger partial charge in [0.05, 0.1) is 7.11 Å². The number of methoxy groups -OCH3 is 1. The van der Waals surface area contributed by atoms with Gasteiger partial charge in [-0.1, -0.05) is 43.3 Å². The Balaban J connectivity index is 1.58. The first-order valence-corrected chi connectivity index (χ1v) is 10.9. The first-order chi connectivity index (χ1) is 14.0. The first-order valence-electron chi connectivity index (χ1n) is 10.9. The van der Waals surface area contributed by atoms with E-state index in [-0.39, 0.29) is 17.1 Å². The summed E-state index contributed by atoms with van der Waals surface area (Å²) in [4.78, 5) is 12.5. The van der Waals surface area contributed by atoms with E-state index in [0.29, 0.717) is 24.2 Å². The molecule has 0 bridgehead atoms. The molecule has 0 unspecified atom stereocenters. The van der Waals surface area contributed by atoms with Crippen molar-refractivity contribution in [2.75, 3.05) is 7.11 Å². The van der Waals surface area contributed by atoms with Crippen molar-refractivity contribution in [2.45, 2.75) is 51.0 Å². The Morgan fingerprint density at radius 3 is 2.69 bits per heavy atom. The molecule has 0 aliphatic heterocycles. The van der Waals surface area contributed by atoms with Gasteiger partial charge < -0.3 is 9.84 Å². The molecule has 2 aromatic rings. The summed E-state index contributed by atoms with van der Waals surface area (Å²) in [5, 5.41) is 10.7. The predicted molar refractivity (Wildman–Crippen MR) is 113 cm³/mol. The standard InChI is InChI=1S/C26H30O3/c1-26-11-10-21-20-9-8-19(29-2)14-17(20)13-18(12-16-6-4-3-5-7-16)24(21)22(26)15-23(27)25(26)28/h3-9,14,18,21-22,24-25,28H,10-13,15H2,1-2H3/t18-,21+,22-,24+,25+,26-/m0/s1. The van der Waals surface area contributed by atoms with Crippen molar-refractivity contribution in [1.29, 1.82) is 0 Å². The van der Waals surface area contributed by atoms with Gasteiger partial charge in [0.2, 0.25) is 0 Å². The van der Waals surface area contributed by atoms with Crippen LogP contribution in [0.2, 0.25) is 0 Å². The van der Waals surface area contributed by atoms with Gasteiger partial charge in [0.1, 0.15) is 11.9 Å². The Kier molecular flexibility index (Phi) is 4.54. The van der Waals surface area contributed by atoms with Crippen molar-refractivity contribution in [3.05, 3.63) is 65.2 Å². The average Bonchev–Trinajstić information content (AvgIpc) is 2.97. The van der Waals surface area contributed by atoms with Crippen LogP contribution in [0.4, 0.5) is 0 Å². The second-order valence-electron chi connectivity index (χ2n) is 9.63. The minimum atomic E-state index is -0.789. The fourth-order valence-corrected chi connectivity index (χ4v) is 6.78. The molecule has 3 heteroatoms. The van der Waals surface area contributed by atoms with Crippen LogP contribution in [-0.4, -0.2) is 24.1 Å². The van der Waals surface area contributed by atoms with Gasteiger partial charge in [0, 0.05) is 11.8 Å². The van der Waals surface area contributed by atoms with Crippen molar-refractivity contribution in [3.8, 4) is 5.75 Å². The molecule has 3 aliphatic carbocycles. The highest BCUT2D eigenvalue weighted by Crippen LogP contribution is 2.61. The number of benzene rings is 2. The van der Waals surface area contributed by atoms with E-state index in [1.807, 2.05) is 0 Å². The Morgan fingerprint density at radius 1 is 1.14 bits per heavy atom. The van der Waals surface area contributed by atoms with Crippen LogP contribution in [0.25, 0.3) is 0 Å². The minimum absolute atomic E-state index is 0.0529. The largest absolute Gasteiger partial charge is 0.497 e. The second kappa shape index (κ2) is 6.98. The molecule has 29 heavy (non-hydrogen) atoms. The van der Waals surface area contributed by atoms with Crippen molar-refractivity contribution in [2.24, 2.45) is 23.2 Å². The Labute approximate surface area is 173 Å². The van der Waals surface area contributed by atoms with Crippen molar-refractivity contribution < 1.29 is 14.6 Å². The average molecular weight is 391 g/mol. The number of ether oxygens (including phenoxy) is 1. The summed E-state index contributed by atoms with van der Waals surface area (Å²) in [6.45, 7) is 2.16. The lowest BCUT2D eigenvalue weighted by Gasteiger charge is -2.52. The SMILES string of the molecule is COc1ccc2c(c1)C[C@H](Cc1ccccc1)[C@@H]1[C@@H]2CC[C@]2(C)[C@H](O)C(=O)C[C@@H]12. The van der Waals surface area contributed by atoms with Crippen LogP contribution >= 0.6 is 0 Å². The number of hydrogen-bond acceptors (Lipinski definition) is 3. The minimum Gasteiger partial charge on any atom is -0.497 e. The molecule has 0 radical (unpaired) electrons. The van der Waals surface area contributed by atoms with Crippen LogP contribution in [0.3, 0.4) is 0 Å². The zero-order valence-electron chi connectivity index (χ0n) is 17.3. The van der Waals surface area contributed by atoms with Crippen LogP contribution in [0.5, 0.6) is 5.75 Å². The monoisotopic (exact) mass is 390 g/mol. The number of carbonyl (C=O) groups excluding carboxylic acids is 1. The maximum Gasteiger partial charge on any atom is 0.162 e. The fraction of sp³-hybridized carbons (Fsp3) is 0.500. The van der Waals surface area contributed by atoms with Gasteiger partial charge in [-0.05, 0) is 78.2 Å². The Morgan fingerprint density at radius 2 is 1.93 bits per heavy atom. The third-order valence-electron chi connectivity index (χ3n) is 8.24. The van der Waals surface area contributed by atoms with Crippen LogP contribution in [-0.2, 0) is 17.6 Å². The molecule has 5 rings (SSSR count). The molecule has 0 saturated heterocycles. The highest BCUT2D eigenvalue weighted by molar-refractivity contribution is 5.86. The van der Waals surface area contributed by atoms with E-state index < -0.39 is 6.10 Å². The second-order valence-corrected chi connectivity index (χ2v) is 9.63. The van der Waals surface area contributed by atoms with Gasteiger partial charge in [0.25, 0.3) is 0 Å². The van der Waals surface area contributed by atoms with Gasteiger partial charge in [-0.3, -0.25) is 4.79 Å². The maximum atomic E-state index is 12.5. The van der Waals surface area contributed by atoms with Gasteiger partial charge >= 0.3 is 0 Å². The smallest absolute Gasteiger partial charge is 0.162 e. The third-order valence-corrected chi connectivity index (χ3v) is 8.24. The van der Waals surface area contributed by atoms with Crippen LogP contribution in [0.15, 0.2) is 48.5 Å². The fourth-order valence-electron chi connectivity index (χ4n) is 6.78. The first kappa shape index (κ1) is 18.9. The zero-order valence-corrected chi connectivity index (χ0v) is 17.3. The third kappa shape index (κ3) is 2.93. The lowest BCUT2D eigenvalue weighted by molar-refractivity contribution is -0.128. The van der Waals surface area contributed by atoms with E-state index in [2.05, 4.69) is 55.5 Å². The molecular weight excluding hydrogens is 360 g/mol. The highest BCUT2D eigenvalue weighted by atomic mass is 16.5. The molecule has 0 spiro atoms. The number of fused-ring (bicyclic) bond motifs is 5. The van der Waals surface area contributed by atoms with Crippen molar-refractivity contribution in [1.82, 2.24) is 0 Å². The van der Waals surface area contributed by atoms with E-state index in [0.717, 1.165) is 31.4 Å². The van der Waals surface area contributed by atoms with E-state index in [4.69, 9.17) is 4.74 Å². The summed E-state index contributed by atoms with van der Waals surface area (Å²) in [6.07, 6.45) is 3.76. The molecule has 6 atom stereocenters. The molecule has 152 valence electrons. The predicted octanol–water partition coefficient (Wildman–Crippen LogP) is 4.56. The van der Waals surface area contributed by atoms with Crippen molar-refractivity contribution in [3.63, 3.8) is 0 Å². The van der Waals surface area contributed by atoms with E-state index in [9.17, 15) is 9.90 Å². The summed E-state index contributed by atoms with van der Waals surface area (Å²) >= 11 is 0. The van der Waals surface area contributed by atoms with Gasteiger partial charge in [0.15, 0.2) is 5.78 Å². The van der Waals surface area contributed by atoms with E-state index in [1.54, 1.807) is 7.11 Å². The number of carbonyl (C=O) groups is 1. The Bertz CT molecular complexity index is 921. The van der Waals surface area contributed by atoms with Gasteiger partial charge in [-0.25, -0.2) is 0 Å². The Hall–Kier alpha value is -2.13. The number of Topliss-reactive ketones (excluding diaryl/α,β-unsaturated/α-hetero) is 1. The van der Waals surface area contributed by atoms with E-state index in [1.165, 1.54) is 16.7 Å². The molecule has 0 amide bonds. The molecule has 0 heterocycles. The normalized spacial score (nSPS) is 35.6. The van der Waals surface area contributed by atoms with E-state index >= 15 is 0 Å². The number of ketones is 1. The number of rotatable bonds is 3. The summed E-state index contributed by atoms with van der Waals surface area (Å²) < 4.78 is 5.51. The molecule has 3 nitrogen and oxygen atoms in total. The molecule has 3 aliphatic rings. The summed E-state index contributed by atoms with van der Waals surface area (Å²) in [6, 6.07) is 17.3. The molecule has 2 aromatic carbocycles. The number of aliphatic hydroxyl groups is 1. The van der Waals surface area contributed by atoms with Crippen LogP contribution in [0, 0.1) is 23.2 Å². The lowest BCUT2D eigenvalue weighted by Crippen LogP contribution is -2.48. The van der Waals surface area contributed by atoms with Gasteiger partial charge in [-0.15, -0.1) is 0 Å². The maximum absolute atomic E-state index is 12.5. The summed E-state index contributed by atoms with van der Waals surface area (Å²) in [5.74, 6) is 2.63. The van der Waals surface area contributed by atoms with Crippen LogP contribution in [0.1, 0.15) is 48.8 Å². The van der Waals surface area contributed by atoms with Crippen LogP contribution < -0.4 is 4.74 Å². The van der Waals surface area contributed by atoms with Gasteiger partial charge in [-0.2, -0.15) is 0 Å². The highest BCUT2D eigenvalue weighted by Gasteiger charge is 2.59. The quantitative estimate of drug-likeness (QED) is 0.836. The van der Waals surface area contributed by atoms with Crippen molar-refractivity contribution >= 4 is 5.78 Å². The topological polar surface area (TPSA) is 46.5 Å². The molecule has 1 N–H and O–H groups in total.